The zero-order chi connectivity index (χ0) is 29.5. The molecule has 2 aromatic carbocycles. The summed E-state index contributed by atoms with van der Waals surface area (Å²) in [5.41, 5.74) is 3.33. The van der Waals surface area contributed by atoms with E-state index in [2.05, 4.69) is 48.2 Å². The number of alkyl halides is 3. The van der Waals surface area contributed by atoms with Crippen LogP contribution >= 0.6 is 23.2 Å². The van der Waals surface area contributed by atoms with Crippen molar-refractivity contribution in [3.8, 4) is 5.75 Å². The lowest BCUT2D eigenvalue weighted by Crippen LogP contribution is -2.46. The monoisotopic (exact) mass is 603 g/mol. The molecule has 1 atom stereocenters. The molecule has 2 aromatic rings. The van der Waals surface area contributed by atoms with E-state index in [0.29, 0.717) is 36.6 Å². The molecule has 220 valence electrons. The number of benzene rings is 2. The standard InChI is InChI=1S/C29H34Cl2F3NO5/c1-28(2,15-18-13-20-8-3-4-9-21(20)14-18)35-16-22(36)17-39-23-12-11-19(25(30)26(23)31)7-5-6-10-24(37)40-27(38)29(32,33)34/h3-4,8-9,11-12,18,22,35-36H,5-7,10,13-17H2,1-2H3/t22-/m0/s1. The Morgan fingerprint density at radius 1 is 1.05 bits per heavy atom. The van der Waals surface area contributed by atoms with Crippen molar-refractivity contribution in [2.75, 3.05) is 13.2 Å². The van der Waals surface area contributed by atoms with Crippen LogP contribution in [-0.4, -0.2) is 48.0 Å². The van der Waals surface area contributed by atoms with Crippen LogP contribution in [0, 0.1) is 5.92 Å². The number of aliphatic hydroxyl groups excluding tert-OH is 1. The molecule has 6 nitrogen and oxygen atoms in total. The Balaban J connectivity index is 1.38. The van der Waals surface area contributed by atoms with Crippen LogP contribution in [0.5, 0.6) is 5.75 Å². The number of β-amino-alcohol motifs (C(OH)–C–C–N with tert-alkyl or cyclic N) is 1. The molecule has 0 aliphatic heterocycles. The first-order valence-corrected chi connectivity index (χ1v) is 13.9. The lowest BCUT2D eigenvalue weighted by molar-refractivity contribution is -0.201. The Hall–Kier alpha value is -2.33. The highest BCUT2D eigenvalue weighted by Gasteiger charge is 2.42. The van der Waals surface area contributed by atoms with Gasteiger partial charge < -0.3 is 19.9 Å². The number of hydrogen-bond donors (Lipinski definition) is 2. The second-order valence-corrected chi connectivity index (χ2v) is 11.5. The highest BCUT2D eigenvalue weighted by atomic mass is 35.5. The van der Waals surface area contributed by atoms with E-state index in [-0.39, 0.29) is 35.0 Å². The van der Waals surface area contributed by atoms with Gasteiger partial charge in [0, 0.05) is 18.5 Å². The predicted octanol–water partition coefficient (Wildman–Crippen LogP) is 6.25. The average molecular weight is 604 g/mol. The highest BCUT2D eigenvalue weighted by molar-refractivity contribution is 6.43. The first kappa shape index (κ1) is 32.2. The van der Waals surface area contributed by atoms with E-state index in [4.69, 9.17) is 27.9 Å². The maximum absolute atomic E-state index is 12.1. The Labute approximate surface area is 242 Å². The summed E-state index contributed by atoms with van der Waals surface area (Å²) in [5.74, 6) is -2.90. The molecule has 1 aliphatic rings. The van der Waals surface area contributed by atoms with Gasteiger partial charge in [-0.25, -0.2) is 4.79 Å². The van der Waals surface area contributed by atoms with Gasteiger partial charge in [-0.15, -0.1) is 0 Å². The molecule has 40 heavy (non-hydrogen) atoms. The second-order valence-electron chi connectivity index (χ2n) is 10.8. The topological polar surface area (TPSA) is 84.9 Å². The lowest BCUT2D eigenvalue weighted by atomic mass is 9.88. The Morgan fingerprint density at radius 3 is 2.33 bits per heavy atom. The Kier molecular flexibility index (Phi) is 11.3. The molecule has 0 spiro atoms. The number of ether oxygens (including phenoxy) is 2. The maximum atomic E-state index is 12.1. The van der Waals surface area contributed by atoms with Gasteiger partial charge in [-0.2, -0.15) is 13.2 Å². The van der Waals surface area contributed by atoms with Crippen LogP contribution in [0.1, 0.15) is 56.2 Å². The quantitative estimate of drug-likeness (QED) is 0.160. The van der Waals surface area contributed by atoms with Crippen molar-refractivity contribution in [1.29, 1.82) is 0 Å². The summed E-state index contributed by atoms with van der Waals surface area (Å²) in [5, 5.41) is 14.4. The number of aliphatic hydroxyl groups is 1. The average Bonchev–Trinajstić information content (AvgIpc) is 3.28. The summed E-state index contributed by atoms with van der Waals surface area (Å²) >= 11 is 12.7. The van der Waals surface area contributed by atoms with E-state index in [9.17, 15) is 27.9 Å². The van der Waals surface area contributed by atoms with Gasteiger partial charge in [0.05, 0.1) is 5.02 Å². The summed E-state index contributed by atoms with van der Waals surface area (Å²) in [6.45, 7) is 4.60. The molecule has 0 radical (unpaired) electrons. The maximum Gasteiger partial charge on any atom is 0.491 e. The van der Waals surface area contributed by atoms with Crippen LogP contribution in [0.25, 0.3) is 0 Å². The third-order valence-electron chi connectivity index (χ3n) is 6.82. The van der Waals surface area contributed by atoms with E-state index in [0.717, 1.165) is 19.3 Å². The van der Waals surface area contributed by atoms with E-state index in [1.165, 1.54) is 11.1 Å². The number of nitrogens with one attached hydrogen (secondary N) is 1. The minimum atomic E-state index is -5.21. The molecule has 11 heteroatoms. The molecule has 0 unspecified atom stereocenters. The number of fused-ring (bicyclic) bond motifs is 1. The van der Waals surface area contributed by atoms with Crippen molar-refractivity contribution in [3.63, 3.8) is 0 Å². The van der Waals surface area contributed by atoms with Crippen molar-refractivity contribution in [3.05, 3.63) is 63.1 Å². The summed E-state index contributed by atoms with van der Waals surface area (Å²) in [6.07, 6.45) is -2.23. The number of esters is 2. The minimum Gasteiger partial charge on any atom is -0.489 e. The Morgan fingerprint density at radius 2 is 1.70 bits per heavy atom. The van der Waals surface area contributed by atoms with Crippen molar-refractivity contribution in [2.45, 2.75) is 76.6 Å². The molecule has 0 amide bonds. The predicted molar refractivity (Wildman–Crippen MR) is 147 cm³/mol. The first-order valence-electron chi connectivity index (χ1n) is 13.2. The van der Waals surface area contributed by atoms with E-state index < -0.39 is 24.2 Å². The van der Waals surface area contributed by atoms with Crippen molar-refractivity contribution >= 4 is 35.1 Å². The fourth-order valence-corrected chi connectivity index (χ4v) is 5.39. The fraction of sp³-hybridized carbons (Fsp3) is 0.517. The summed E-state index contributed by atoms with van der Waals surface area (Å²) in [4.78, 5) is 22.1. The molecule has 0 fully saturated rings. The van der Waals surface area contributed by atoms with E-state index >= 15 is 0 Å². The van der Waals surface area contributed by atoms with Gasteiger partial charge >= 0.3 is 18.1 Å². The zero-order valence-corrected chi connectivity index (χ0v) is 24.0. The summed E-state index contributed by atoms with van der Waals surface area (Å²) in [7, 11) is 0. The molecule has 0 saturated carbocycles. The summed E-state index contributed by atoms with van der Waals surface area (Å²) < 4.78 is 45.9. The van der Waals surface area contributed by atoms with Crippen LogP contribution < -0.4 is 10.1 Å². The van der Waals surface area contributed by atoms with Gasteiger partial charge in [-0.1, -0.05) is 53.5 Å². The van der Waals surface area contributed by atoms with Crippen molar-refractivity contribution in [2.24, 2.45) is 5.92 Å². The second kappa shape index (κ2) is 14.0. The highest BCUT2D eigenvalue weighted by Crippen LogP contribution is 2.36. The fourth-order valence-electron chi connectivity index (χ4n) is 4.90. The van der Waals surface area contributed by atoms with Gasteiger partial charge in [0.1, 0.15) is 23.5 Å². The van der Waals surface area contributed by atoms with Gasteiger partial charge in [-0.05, 0) is 81.0 Å². The third-order valence-corrected chi connectivity index (χ3v) is 7.73. The SMILES string of the molecule is CC(C)(CC1Cc2ccccc2C1)NC[C@H](O)COc1ccc(CCCCC(=O)OC(=O)C(F)(F)F)c(Cl)c1Cl. The number of unbranched alkanes of at least 4 members (excludes halogenated alkanes) is 1. The molecule has 1 aliphatic carbocycles. The smallest absolute Gasteiger partial charge is 0.489 e. The molecule has 0 aromatic heterocycles. The van der Waals surface area contributed by atoms with Crippen LogP contribution in [0.3, 0.4) is 0 Å². The molecular weight excluding hydrogens is 570 g/mol. The van der Waals surface area contributed by atoms with Crippen LogP contribution in [0.4, 0.5) is 13.2 Å². The van der Waals surface area contributed by atoms with Gasteiger partial charge in [0.25, 0.3) is 0 Å². The number of rotatable bonds is 13. The van der Waals surface area contributed by atoms with Crippen LogP contribution in [-0.2, 0) is 33.6 Å². The molecule has 3 rings (SSSR count). The molecule has 2 N–H and O–H groups in total. The largest absolute Gasteiger partial charge is 0.491 e. The number of hydrogen-bond acceptors (Lipinski definition) is 6. The van der Waals surface area contributed by atoms with Crippen LogP contribution in [0.15, 0.2) is 36.4 Å². The number of halogens is 5. The van der Waals surface area contributed by atoms with E-state index in [1.54, 1.807) is 12.1 Å². The van der Waals surface area contributed by atoms with Crippen molar-refractivity contribution in [1.82, 2.24) is 5.32 Å². The van der Waals surface area contributed by atoms with Crippen molar-refractivity contribution < 1.29 is 37.3 Å². The molecule has 0 heterocycles. The van der Waals surface area contributed by atoms with Crippen LogP contribution in [0.2, 0.25) is 10.0 Å². The zero-order valence-electron chi connectivity index (χ0n) is 22.5. The lowest BCUT2D eigenvalue weighted by Gasteiger charge is -2.30. The van der Waals surface area contributed by atoms with Gasteiger partial charge in [0.15, 0.2) is 0 Å². The number of carbonyl (C=O) groups excluding carboxylic acids is 2. The Bertz CT molecular complexity index is 1160. The van der Waals surface area contributed by atoms with Gasteiger partial charge in [-0.3, -0.25) is 4.79 Å². The van der Waals surface area contributed by atoms with E-state index in [1.807, 2.05) is 0 Å². The number of carbonyl (C=O) groups is 2. The normalized spacial score (nSPS) is 14.6. The minimum absolute atomic E-state index is 0.00605. The molecule has 0 saturated heterocycles. The third kappa shape index (κ3) is 9.65. The molecular formula is C29H34Cl2F3NO5. The molecule has 0 bridgehead atoms. The first-order chi connectivity index (χ1) is 18.7. The van der Waals surface area contributed by atoms with Gasteiger partial charge in [0.2, 0.25) is 0 Å². The summed E-state index contributed by atoms with van der Waals surface area (Å²) in [6, 6.07) is 11.9. The number of aryl methyl sites for hydroxylation is 1.